The zero-order chi connectivity index (χ0) is 25.4. The number of amides is 2. The molecule has 4 heterocycles. The minimum atomic E-state index is -4.53. The standard InChI is InChI=1S/C24H19ClF3N5O3/c25-17-10-15(24(26,27)28)11-30-18(17)3-6-29-22(34)21-16-4-7-33(12-19(16)31-32-21)23(35)14-2-1-13-5-8-36-20(13)9-14/h1-2,5,8-11H,3-4,6-7,12H2,(H,29,34)(H,31,32). The molecule has 0 bridgehead atoms. The van der Waals surface area contributed by atoms with Crippen LogP contribution in [0.3, 0.4) is 0 Å². The van der Waals surface area contributed by atoms with Crippen LogP contribution in [0, 0.1) is 0 Å². The van der Waals surface area contributed by atoms with E-state index in [0.29, 0.717) is 36.0 Å². The quantitative estimate of drug-likeness (QED) is 0.408. The van der Waals surface area contributed by atoms with Gasteiger partial charge in [0.05, 0.1) is 34.8 Å². The molecule has 4 aromatic rings. The van der Waals surface area contributed by atoms with E-state index in [2.05, 4.69) is 20.5 Å². The van der Waals surface area contributed by atoms with Gasteiger partial charge in [0.15, 0.2) is 5.69 Å². The average Bonchev–Trinajstić information content (AvgIpc) is 3.50. The SMILES string of the molecule is O=C(NCCc1ncc(C(F)(F)F)cc1Cl)c1n[nH]c2c1CCN(C(=O)c1ccc3ccoc3c1)C2. The lowest BCUT2D eigenvalue weighted by Gasteiger charge is -2.27. The van der Waals surface area contributed by atoms with Gasteiger partial charge in [0.1, 0.15) is 5.58 Å². The highest BCUT2D eigenvalue weighted by atomic mass is 35.5. The summed E-state index contributed by atoms with van der Waals surface area (Å²) in [6, 6.07) is 7.92. The van der Waals surface area contributed by atoms with Crippen LogP contribution < -0.4 is 5.32 Å². The summed E-state index contributed by atoms with van der Waals surface area (Å²) in [6.45, 7) is 0.793. The number of nitrogens with one attached hydrogen (secondary N) is 2. The second kappa shape index (κ2) is 9.30. The zero-order valence-electron chi connectivity index (χ0n) is 18.7. The van der Waals surface area contributed by atoms with Crippen molar-refractivity contribution >= 4 is 34.4 Å². The number of aromatic amines is 1. The Morgan fingerprint density at radius 2 is 2.06 bits per heavy atom. The second-order valence-electron chi connectivity index (χ2n) is 8.34. The van der Waals surface area contributed by atoms with Gasteiger partial charge in [-0.25, -0.2) is 0 Å². The van der Waals surface area contributed by atoms with Gasteiger partial charge in [-0.1, -0.05) is 17.7 Å². The van der Waals surface area contributed by atoms with Crippen molar-refractivity contribution in [2.24, 2.45) is 0 Å². The molecule has 0 atom stereocenters. The highest BCUT2D eigenvalue weighted by Crippen LogP contribution is 2.31. The number of benzene rings is 1. The van der Waals surface area contributed by atoms with Crippen molar-refractivity contribution in [1.29, 1.82) is 0 Å². The maximum absolute atomic E-state index is 13.0. The number of halogens is 4. The fourth-order valence-corrected chi connectivity index (χ4v) is 4.39. The smallest absolute Gasteiger partial charge is 0.417 e. The minimum Gasteiger partial charge on any atom is -0.464 e. The Kier molecular flexibility index (Phi) is 6.17. The van der Waals surface area contributed by atoms with Crippen molar-refractivity contribution in [3.63, 3.8) is 0 Å². The van der Waals surface area contributed by atoms with Crippen LogP contribution in [0.2, 0.25) is 5.02 Å². The van der Waals surface area contributed by atoms with Gasteiger partial charge in [0.25, 0.3) is 11.8 Å². The molecule has 1 aromatic carbocycles. The van der Waals surface area contributed by atoms with Crippen molar-refractivity contribution in [3.05, 3.63) is 81.6 Å². The first-order chi connectivity index (χ1) is 17.2. The van der Waals surface area contributed by atoms with Crippen LogP contribution in [0.1, 0.15) is 43.4 Å². The van der Waals surface area contributed by atoms with Crippen LogP contribution in [0.4, 0.5) is 13.2 Å². The van der Waals surface area contributed by atoms with E-state index in [1.54, 1.807) is 23.3 Å². The molecule has 2 N–H and O–H groups in total. The largest absolute Gasteiger partial charge is 0.464 e. The van der Waals surface area contributed by atoms with Crippen LogP contribution in [0.25, 0.3) is 11.0 Å². The Labute approximate surface area is 207 Å². The number of hydrogen-bond acceptors (Lipinski definition) is 5. The number of H-pyrrole nitrogens is 1. The number of fused-ring (bicyclic) bond motifs is 2. The number of carbonyl (C=O) groups excluding carboxylic acids is 2. The van der Waals surface area contributed by atoms with Gasteiger partial charge in [-0.05, 0) is 30.7 Å². The van der Waals surface area contributed by atoms with Crippen LogP contribution in [0.15, 0.2) is 47.2 Å². The average molecular weight is 518 g/mol. The first-order valence-electron chi connectivity index (χ1n) is 11.0. The molecular weight excluding hydrogens is 499 g/mol. The molecule has 2 amide bonds. The lowest BCUT2D eigenvalue weighted by molar-refractivity contribution is -0.137. The Hall–Kier alpha value is -3.86. The predicted octanol–water partition coefficient (Wildman–Crippen LogP) is 4.39. The van der Waals surface area contributed by atoms with E-state index in [4.69, 9.17) is 16.0 Å². The summed E-state index contributed by atoms with van der Waals surface area (Å²) in [6.07, 6.45) is -1.66. The summed E-state index contributed by atoms with van der Waals surface area (Å²) < 4.78 is 43.7. The molecular formula is C24H19ClF3N5O3. The highest BCUT2D eigenvalue weighted by Gasteiger charge is 2.32. The van der Waals surface area contributed by atoms with Gasteiger partial charge < -0.3 is 14.6 Å². The summed E-state index contributed by atoms with van der Waals surface area (Å²) in [7, 11) is 0. The molecule has 12 heteroatoms. The summed E-state index contributed by atoms with van der Waals surface area (Å²) in [4.78, 5) is 31.1. The number of hydrogen-bond donors (Lipinski definition) is 2. The first-order valence-corrected chi connectivity index (χ1v) is 11.4. The number of pyridine rings is 1. The number of furan rings is 1. The third kappa shape index (κ3) is 4.66. The maximum atomic E-state index is 13.0. The molecule has 8 nitrogen and oxygen atoms in total. The molecule has 36 heavy (non-hydrogen) atoms. The van der Waals surface area contributed by atoms with E-state index in [1.165, 1.54) is 0 Å². The second-order valence-corrected chi connectivity index (χ2v) is 8.74. The molecule has 186 valence electrons. The number of alkyl halides is 3. The Bertz CT molecular complexity index is 1460. The molecule has 0 spiro atoms. The fourth-order valence-electron chi connectivity index (χ4n) is 4.13. The monoisotopic (exact) mass is 517 g/mol. The number of carbonyl (C=O) groups is 2. The van der Waals surface area contributed by atoms with E-state index in [0.717, 1.165) is 17.0 Å². The van der Waals surface area contributed by atoms with Gasteiger partial charge in [-0.3, -0.25) is 19.7 Å². The number of nitrogens with zero attached hydrogens (tertiary/aromatic N) is 3. The van der Waals surface area contributed by atoms with Crippen LogP contribution in [-0.4, -0.2) is 45.0 Å². The van der Waals surface area contributed by atoms with Crippen LogP contribution in [0.5, 0.6) is 0 Å². The van der Waals surface area contributed by atoms with Crippen LogP contribution >= 0.6 is 11.6 Å². The highest BCUT2D eigenvalue weighted by molar-refractivity contribution is 6.31. The lowest BCUT2D eigenvalue weighted by atomic mass is 10.0. The van der Waals surface area contributed by atoms with Gasteiger partial charge in [0.2, 0.25) is 0 Å². The van der Waals surface area contributed by atoms with Gasteiger partial charge >= 0.3 is 6.18 Å². The van der Waals surface area contributed by atoms with E-state index in [9.17, 15) is 22.8 Å². The van der Waals surface area contributed by atoms with E-state index < -0.39 is 17.6 Å². The summed E-state index contributed by atoms with van der Waals surface area (Å²) in [5, 5.41) is 10.5. The molecule has 0 saturated carbocycles. The number of rotatable bonds is 5. The molecule has 1 aliphatic rings. The van der Waals surface area contributed by atoms with Crippen molar-refractivity contribution < 1.29 is 27.2 Å². The van der Waals surface area contributed by atoms with Crippen molar-refractivity contribution in [1.82, 2.24) is 25.4 Å². The zero-order valence-corrected chi connectivity index (χ0v) is 19.4. The minimum absolute atomic E-state index is 0.110. The summed E-state index contributed by atoms with van der Waals surface area (Å²) in [5.41, 5.74) is 2.07. The summed E-state index contributed by atoms with van der Waals surface area (Å²) in [5.74, 6) is -0.584. The lowest BCUT2D eigenvalue weighted by Crippen LogP contribution is -2.36. The number of aromatic nitrogens is 3. The third-order valence-electron chi connectivity index (χ3n) is 6.03. The molecule has 1 aliphatic heterocycles. The van der Waals surface area contributed by atoms with Crippen molar-refractivity contribution in [2.75, 3.05) is 13.1 Å². The van der Waals surface area contributed by atoms with E-state index in [1.807, 2.05) is 12.1 Å². The molecule has 0 aliphatic carbocycles. The first kappa shape index (κ1) is 23.9. The van der Waals surface area contributed by atoms with Crippen LogP contribution in [-0.2, 0) is 25.6 Å². The molecule has 0 radical (unpaired) electrons. The topological polar surface area (TPSA) is 104 Å². The van der Waals surface area contributed by atoms with Crippen molar-refractivity contribution in [3.8, 4) is 0 Å². The molecule has 5 rings (SSSR count). The van der Waals surface area contributed by atoms with E-state index in [-0.39, 0.29) is 41.8 Å². The molecule has 0 saturated heterocycles. The maximum Gasteiger partial charge on any atom is 0.417 e. The molecule has 0 fully saturated rings. The van der Waals surface area contributed by atoms with Crippen molar-refractivity contribution in [2.45, 2.75) is 25.6 Å². The predicted molar refractivity (Wildman–Crippen MR) is 124 cm³/mol. The van der Waals surface area contributed by atoms with Gasteiger partial charge in [0, 0.05) is 42.2 Å². The molecule has 3 aromatic heterocycles. The third-order valence-corrected chi connectivity index (χ3v) is 6.36. The van der Waals surface area contributed by atoms with Gasteiger partial charge in [-0.2, -0.15) is 18.3 Å². The summed E-state index contributed by atoms with van der Waals surface area (Å²) >= 11 is 5.92. The Balaban J connectivity index is 1.20. The molecule has 0 unspecified atom stereocenters. The van der Waals surface area contributed by atoms with E-state index >= 15 is 0 Å². The van der Waals surface area contributed by atoms with Gasteiger partial charge in [-0.15, -0.1) is 0 Å². The Morgan fingerprint density at radius 3 is 2.83 bits per heavy atom. The normalized spacial score (nSPS) is 13.6. The Morgan fingerprint density at radius 1 is 1.22 bits per heavy atom. The fraction of sp³-hybridized carbons (Fsp3) is 0.250.